The summed E-state index contributed by atoms with van der Waals surface area (Å²) >= 11 is 0. The number of hydrogen-bond acceptors (Lipinski definition) is 10. The Morgan fingerprint density at radius 2 is 0.907 bits per heavy atom. The molecule has 1 heterocycles. The number of likely N-dealkylation sites (tertiary alicyclic amines) is 1. The molecule has 10 heteroatoms. The SMILES string of the molecule is CCCCCC/C=C\COC(=O)OCCCCCCCCC(CCCCCCCCOC(=O)OC/C=C\CCCCCC)OC(=O)OCCN1CCCC1. The van der Waals surface area contributed by atoms with Crippen molar-refractivity contribution in [1.82, 2.24) is 4.90 Å². The molecule has 1 rings (SSSR count). The molecule has 0 unspecified atom stereocenters. The Balaban J connectivity index is 2.14. The third-order valence-corrected chi connectivity index (χ3v) is 9.75. The lowest BCUT2D eigenvalue weighted by molar-refractivity contribution is 0.0129. The Hall–Kier alpha value is -2.75. The monoisotopic (exact) mass is 766 g/mol. The smallest absolute Gasteiger partial charge is 0.434 e. The van der Waals surface area contributed by atoms with Crippen LogP contribution < -0.4 is 0 Å². The standard InChI is InChI=1S/C44H79NO9/c1-3-5-7-9-13-19-27-36-49-42(46)51-38-29-21-15-11-17-23-31-41(54-44(48)53-40-35-45-33-25-26-34-45)32-24-18-12-16-22-30-39-52-43(47)50-37-28-20-14-10-8-6-4-2/h19-20,27-28,41H,3-18,21-26,29-40H2,1-2H3/b27-19-,28-20-. The van der Waals surface area contributed by atoms with E-state index in [1.165, 1.54) is 64.2 Å². The molecule has 0 spiro atoms. The average Bonchev–Trinajstić information content (AvgIpc) is 3.69. The van der Waals surface area contributed by atoms with Gasteiger partial charge in [-0.05, 0) is 90.1 Å². The lowest BCUT2D eigenvalue weighted by Gasteiger charge is -2.19. The van der Waals surface area contributed by atoms with Crippen LogP contribution in [0.15, 0.2) is 24.3 Å². The van der Waals surface area contributed by atoms with Crippen LogP contribution in [0.1, 0.15) is 181 Å². The van der Waals surface area contributed by atoms with Crippen molar-refractivity contribution >= 4 is 18.5 Å². The summed E-state index contributed by atoms with van der Waals surface area (Å²) in [5.41, 5.74) is 0. The van der Waals surface area contributed by atoms with Crippen LogP contribution in [-0.4, -0.2) is 82.1 Å². The van der Waals surface area contributed by atoms with Crippen molar-refractivity contribution in [3.8, 4) is 0 Å². The maximum Gasteiger partial charge on any atom is 0.508 e. The lowest BCUT2D eigenvalue weighted by Crippen LogP contribution is -2.26. The number of nitrogens with zero attached hydrogens (tertiary/aromatic N) is 1. The summed E-state index contributed by atoms with van der Waals surface area (Å²) in [4.78, 5) is 38.3. The Morgan fingerprint density at radius 1 is 0.481 bits per heavy atom. The highest BCUT2D eigenvalue weighted by atomic mass is 16.7. The lowest BCUT2D eigenvalue weighted by atomic mass is 10.0. The summed E-state index contributed by atoms with van der Waals surface area (Å²) in [5.74, 6) is 0. The van der Waals surface area contributed by atoms with Gasteiger partial charge in [-0.3, -0.25) is 4.90 Å². The normalized spacial score (nSPS) is 13.2. The second kappa shape index (κ2) is 38.5. The Labute approximate surface area is 329 Å². The van der Waals surface area contributed by atoms with Crippen LogP contribution in [0.25, 0.3) is 0 Å². The van der Waals surface area contributed by atoms with Crippen LogP contribution in [-0.2, 0) is 28.4 Å². The van der Waals surface area contributed by atoms with Crippen molar-refractivity contribution < 1.29 is 42.8 Å². The highest BCUT2D eigenvalue weighted by molar-refractivity contribution is 5.60. The van der Waals surface area contributed by atoms with E-state index < -0.39 is 18.5 Å². The Morgan fingerprint density at radius 3 is 1.39 bits per heavy atom. The third kappa shape index (κ3) is 33.8. The fourth-order valence-electron chi connectivity index (χ4n) is 6.44. The third-order valence-electron chi connectivity index (χ3n) is 9.75. The van der Waals surface area contributed by atoms with Crippen molar-refractivity contribution in [2.75, 3.05) is 52.7 Å². The van der Waals surface area contributed by atoms with Gasteiger partial charge in [0.1, 0.15) is 25.9 Å². The van der Waals surface area contributed by atoms with Crippen molar-refractivity contribution in [2.24, 2.45) is 0 Å². The van der Waals surface area contributed by atoms with E-state index in [0.29, 0.717) is 19.8 Å². The molecule has 0 aliphatic carbocycles. The summed E-state index contributed by atoms with van der Waals surface area (Å²) < 4.78 is 31.8. The first-order valence-electron chi connectivity index (χ1n) is 22.0. The van der Waals surface area contributed by atoms with E-state index in [4.69, 9.17) is 28.4 Å². The molecule has 0 amide bonds. The van der Waals surface area contributed by atoms with E-state index >= 15 is 0 Å². The molecule has 1 fully saturated rings. The molecule has 1 aliphatic heterocycles. The van der Waals surface area contributed by atoms with Crippen LogP contribution in [0.5, 0.6) is 0 Å². The molecule has 314 valence electrons. The van der Waals surface area contributed by atoms with Gasteiger partial charge in [-0.15, -0.1) is 0 Å². The molecular weight excluding hydrogens is 686 g/mol. The van der Waals surface area contributed by atoms with Gasteiger partial charge in [0, 0.05) is 6.54 Å². The first-order valence-corrected chi connectivity index (χ1v) is 22.0. The molecule has 0 saturated carbocycles. The van der Waals surface area contributed by atoms with Gasteiger partial charge in [0.15, 0.2) is 0 Å². The summed E-state index contributed by atoms with van der Waals surface area (Å²) in [6.07, 6.45) is 34.2. The number of carbonyl (C=O) groups excluding carboxylic acids is 3. The zero-order valence-electron chi connectivity index (χ0n) is 34.5. The number of allylic oxidation sites excluding steroid dienone is 2. The van der Waals surface area contributed by atoms with Gasteiger partial charge < -0.3 is 28.4 Å². The minimum absolute atomic E-state index is 0.130. The van der Waals surface area contributed by atoms with Gasteiger partial charge in [0.05, 0.1) is 13.2 Å². The largest absolute Gasteiger partial charge is 0.508 e. The number of rotatable bonds is 36. The molecule has 0 aromatic carbocycles. The molecule has 10 nitrogen and oxygen atoms in total. The Kier molecular flexibility index (Phi) is 35.1. The van der Waals surface area contributed by atoms with Crippen molar-refractivity contribution in [3.05, 3.63) is 24.3 Å². The maximum atomic E-state index is 12.5. The molecule has 0 aromatic heterocycles. The van der Waals surface area contributed by atoms with Crippen molar-refractivity contribution in [3.63, 3.8) is 0 Å². The zero-order valence-corrected chi connectivity index (χ0v) is 34.5. The second-order valence-electron chi connectivity index (χ2n) is 14.7. The van der Waals surface area contributed by atoms with Gasteiger partial charge in [-0.1, -0.05) is 128 Å². The van der Waals surface area contributed by atoms with E-state index in [1.807, 2.05) is 12.2 Å². The minimum atomic E-state index is -0.595. The van der Waals surface area contributed by atoms with Crippen LogP contribution >= 0.6 is 0 Å². The molecule has 0 atom stereocenters. The molecule has 0 N–H and O–H groups in total. The summed E-state index contributed by atoms with van der Waals surface area (Å²) in [6, 6.07) is 0. The number of ether oxygens (including phenoxy) is 6. The van der Waals surface area contributed by atoms with E-state index in [2.05, 4.69) is 30.9 Å². The van der Waals surface area contributed by atoms with Crippen LogP contribution in [0.3, 0.4) is 0 Å². The maximum absolute atomic E-state index is 12.5. The van der Waals surface area contributed by atoms with Gasteiger partial charge in [0.2, 0.25) is 0 Å². The topological polar surface area (TPSA) is 110 Å². The van der Waals surface area contributed by atoms with Gasteiger partial charge in [-0.25, -0.2) is 14.4 Å². The van der Waals surface area contributed by atoms with Crippen LogP contribution in [0.2, 0.25) is 0 Å². The van der Waals surface area contributed by atoms with Gasteiger partial charge >= 0.3 is 18.5 Å². The first kappa shape index (κ1) is 49.3. The van der Waals surface area contributed by atoms with E-state index in [0.717, 1.165) is 122 Å². The Bertz CT molecular complexity index is 879. The fraction of sp³-hybridized carbons (Fsp3) is 0.841. The van der Waals surface area contributed by atoms with E-state index in [1.54, 1.807) is 0 Å². The molecule has 0 aromatic rings. The van der Waals surface area contributed by atoms with Crippen LogP contribution in [0, 0.1) is 0 Å². The van der Waals surface area contributed by atoms with Crippen molar-refractivity contribution in [1.29, 1.82) is 0 Å². The first-order chi connectivity index (χ1) is 26.5. The number of unbranched alkanes of at least 4 members (excludes halogenated alkanes) is 18. The van der Waals surface area contributed by atoms with Crippen LogP contribution in [0.4, 0.5) is 14.4 Å². The molecule has 0 radical (unpaired) electrons. The highest BCUT2D eigenvalue weighted by Gasteiger charge is 2.17. The predicted octanol–water partition coefficient (Wildman–Crippen LogP) is 12.4. The molecular formula is C44H79NO9. The quantitative estimate of drug-likeness (QED) is 0.0264. The molecule has 1 saturated heterocycles. The second-order valence-corrected chi connectivity index (χ2v) is 14.7. The zero-order chi connectivity index (χ0) is 39.0. The minimum Gasteiger partial charge on any atom is -0.434 e. The molecule has 0 bridgehead atoms. The van der Waals surface area contributed by atoms with E-state index in [9.17, 15) is 14.4 Å². The molecule has 1 aliphatic rings. The highest BCUT2D eigenvalue weighted by Crippen LogP contribution is 2.18. The average molecular weight is 766 g/mol. The summed E-state index contributed by atoms with van der Waals surface area (Å²) in [7, 11) is 0. The van der Waals surface area contributed by atoms with Gasteiger partial charge in [-0.2, -0.15) is 0 Å². The summed E-state index contributed by atoms with van der Waals surface area (Å²) in [6.45, 7) is 9.01. The van der Waals surface area contributed by atoms with E-state index in [-0.39, 0.29) is 19.3 Å². The van der Waals surface area contributed by atoms with Crippen molar-refractivity contribution in [2.45, 2.75) is 187 Å². The predicted molar refractivity (Wildman–Crippen MR) is 217 cm³/mol. The summed E-state index contributed by atoms with van der Waals surface area (Å²) in [5, 5.41) is 0. The fourth-order valence-corrected chi connectivity index (χ4v) is 6.44. The number of hydrogen-bond donors (Lipinski definition) is 0. The molecule has 54 heavy (non-hydrogen) atoms. The number of carbonyl (C=O) groups is 3. The van der Waals surface area contributed by atoms with Gasteiger partial charge in [0.25, 0.3) is 0 Å².